The molecule has 2 heterocycles. The Hall–Kier alpha value is -2.41. The fraction of sp³-hybridized carbons (Fsp3) is 0.154. The normalized spacial score (nSPS) is 10.1. The highest BCUT2D eigenvalue weighted by atomic mass is 32.1. The third-order valence-corrected chi connectivity index (χ3v) is 3.40. The highest BCUT2D eigenvalue weighted by molar-refractivity contribution is 7.15. The maximum Gasteiger partial charge on any atom is 0.345 e. The van der Waals surface area contributed by atoms with Gasteiger partial charge in [-0.3, -0.25) is 4.79 Å². The largest absolute Gasteiger partial charge is 0.478 e. The number of anilines is 1. The number of pyridine rings is 1. The molecule has 6 nitrogen and oxygen atoms in total. The van der Waals surface area contributed by atoms with Gasteiger partial charge in [-0.25, -0.2) is 9.78 Å². The third-order valence-electron chi connectivity index (χ3n) is 2.33. The highest BCUT2D eigenvalue weighted by Crippen LogP contribution is 2.18. The molecule has 0 spiro atoms. The maximum atomic E-state index is 11.9. The summed E-state index contributed by atoms with van der Waals surface area (Å²) < 4.78 is 5.19. The first-order chi connectivity index (χ1) is 9.60. The standard InChI is InChI=1S/C13H12N2O4S/c1-2-19-11-6-3-8(7-14-11)15-12(16)9-4-5-10(20-9)13(17)18/h3-7H,2H2,1H3,(H,15,16)(H,17,18). The number of hydrogen-bond acceptors (Lipinski definition) is 5. The number of thiophene rings is 1. The van der Waals surface area contributed by atoms with Gasteiger partial charge < -0.3 is 15.2 Å². The van der Waals surface area contributed by atoms with E-state index >= 15 is 0 Å². The van der Waals surface area contributed by atoms with Gasteiger partial charge in [0.2, 0.25) is 5.88 Å². The van der Waals surface area contributed by atoms with E-state index in [0.29, 0.717) is 23.1 Å². The summed E-state index contributed by atoms with van der Waals surface area (Å²) in [6.45, 7) is 2.38. The third kappa shape index (κ3) is 3.33. The summed E-state index contributed by atoms with van der Waals surface area (Å²) in [7, 11) is 0. The molecule has 0 saturated carbocycles. The predicted octanol–water partition coefficient (Wildman–Crippen LogP) is 2.49. The molecule has 0 aliphatic rings. The van der Waals surface area contributed by atoms with Gasteiger partial charge in [0.15, 0.2) is 0 Å². The van der Waals surface area contributed by atoms with Crippen LogP contribution in [0.3, 0.4) is 0 Å². The number of aromatic carboxylic acids is 1. The Morgan fingerprint density at radius 1 is 1.30 bits per heavy atom. The quantitative estimate of drug-likeness (QED) is 0.883. The van der Waals surface area contributed by atoms with E-state index in [-0.39, 0.29) is 10.8 Å². The first-order valence-corrected chi connectivity index (χ1v) is 6.65. The second-order valence-corrected chi connectivity index (χ2v) is 4.83. The average Bonchev–Trinajstić information content (AvgIpc) is 2.91. The van der Waals surface area contributed by atoms with Crippen LogP contribution in [0.5, 0.6) is 5.88 Å². The molecule has 2 rings (SSSR count). The number of nitrogens with one attached hydrogen (secondary N) is 1. The molecule has 0 aliphatic carbocycles. The smallest absolute Gasteiger partial charge is 0.345 e. The monoisotopic (exact) mass is 292 g/mol. The molecule has 7 heteroatoms. The van der Waals surface area contributed by atoms with E-state index in [4.69, 9.17) is 9.84 Å². The summed E-state index contributed by atoms with van der Waals surface area (Å²) in [5.41, 5.74) is 0.517. The lowest BCUT2D eigenvalue weighted by atomic mass is 10.3. The topological polar surface area (TPSA) is 88.5 Å². The van der Waals surface area contributed by atoms with Gasteiger partial charge in [-0.2, -0.15) is 0 Å². The fourth-order valence-corrected chi connectivity index (χ4v) is 2.20. The number of rotatable bonds is 5. The number of ether oxygens (including phenoxy) is 1. The van der Waals surface area contributed by atoms with Crippen LogP contribution < -0.4 is 10.1 Å². The van der Waals surface area contributed by atoms with E-state index in [0.717, 1.165) is 11.3 Å². The van der Waals surface area contributed by atoms with Crippen LogP contribution in [-0.4, -0.2) is 28.6 Å². The zero-order valence-corrected chi connectivity index (χ0v) is 11.4. The van der Waals surface area contributed by atoms with Gasteiger partial charge in [0, 0.05) is 6.07 Å². The first-order valence-electron chi connectivity index (χ1n) is 5.83. The second-order valence-electron chi connectivity index (χ2n) is 3.74. The van der Waals surface area contributed by atoms with Crippen molar-refractivity contribution >= 4 is 28.9 Å². The molecule has 1 amide bonds. The summed E-state index contributed by atoms with van der Waals surface area (Å²) >= 11 is 0.923. The molecule has 2 aromatic rings. The van der Waals surface area contributed by atoms with Gasteiger partial charge in [0.25, 0.3) is 5.91 Å². The van der Waals surface area contributed by atoms with Crippen LogP contribution in [0.1, 0.15) is 26.3 Å². The first kappa shape index (κ1) is 14.0. The Bertz CT molecular complexity index is 622. The van der Waals surface area contributed by atoms with Crippen molar-refractivity contribution in [2.45, 2.75) is 6.92 Å². The summed E-state index contributed by atoms with van der Waals surface area (Å²) in [4.78, 5) is 27.1. The number of carbonyl (C=O) groups excluding carboxylic acids is 1. The van der Waals surface area contributed by atoms with Crippen LogP contribution >= 0.6 is 11.3 Å². The fourth-order valence-electron chi connectivity index (χ4n) is 1.46. The zero-order chi connectivity index (χ0) is 14.5. The molecule has 0 aromatic carbocycles. The molecule has 104 valence electrons. The zero-order valence-electron chi connectivity index (χ0n) is 10.6. The van der Waals surface area contributed by atoms with E-state index in [1.165, 1.54) is 18.3 Å². The lowest BCUT2D eigenvalue weighted by Gasteiger charge is -2.05. The van der Waals surface area contributed by atoms with Crippen LogP contribution in [0.4, 0.5) is 5.69 Å². The number of nitrogens with zero attached hydrogens (tertiary/aromatic N) is 1. The van der Waals surface area contributed by atoms with Crippen LogP contribution in [0.15, 0.2) is 30.5 Å². The van der Waals surface area contributed by atoms with Gasteiger partial charge in [0.05, 0.1) is 23.4 Å². The minimum absolute atomic E-state index is 0.125. The second kappa shape index (κ2) is 6.16. The molecule has 20 heavy (non-hydrogen) atoms. The summed E-state index contributed by atoms with van der Waals surface area (Å²) in [6, 6.07) is 6.20. The SMILES string of the molecule is CCOc1ccc(NC(=O)c2ccc(C(=O)O)s2)cn1. The molecular formula is C13H12N2O4S. The molecule has 2 aromatic heterocycles. The molecule has 0 atom stereocenters. The van der Waals surface area contributed by atoms with Crippen molar-refractivity contribution in [1.82, 2.24) is 4.98 Å². The number of carboxylic acids is 1. The lowest BCUT2D eigenvalue weighted by molar-refractivity contribution is 0.0702. The van der Waals surface area contributed by atoms with Crippen LogP contribution in [0.2, 0.25) is 0 Å². The van der Waals surface area contributed by atoms with Crippen molar-refractivity contribution in [2.75, 3.05) is 11.9 Å². The number of hydrogen-bond donors (Lipinski definition) is 2. The van der Waals surface area contributed by atoms with E-state index in [9.17, 15) is 9.59 Å². The van der Waals surface area contributed by atoms with Gasteiger partial charge >= 0.3 is 5.97 Å². The molecule has 0 fully saturated rings. The molecule has 0 unspecified atom stereocenters. The van der Waals surface area contributed by atoms with Crippen molar-refractivity contribution in [1.29, 1.82) is 0 Å². The lowest BCUT2D eigenvalue weighted by Crippen LogP contribution is -2.10. The van der Waals surface area contributed by atoms with Gasteiger partial charge in [-0.05, 0) is 25.1 Å². The maximum absolute atomic E-state index is 11.9. The Labute approximate surface area is 119 Å². The molecule has 0 saturated heterocycles. The van der Waals surface area contributed by atoms with Crippen molar-refractivity contribution < 1.29 is 19.4 Å². The van der Waals surface area contributed by atoms with E-state index in [2.05, 4.69) is 10.3 Å². The molecule has 2 N–H and O–H groups in total. The molecular weight excluding hydrogens is 280 g/mol. The van der Waals surface area contributed by atoms with Crippen LogP contribution in [-0.2, 0) is 0 Å². The van der Waals surface area contributed by atoms with Gasteiger partial charge in [0.1, 0.15) is 4.88 Å². The molecule has 0 radical (unpaired) electrons. The van der Waals surface area contributed by atoms with E-state index in [1.807, 2.05) is 6.92 Å². The van der Waals surface area contributed by atoms with Gasteiger partial charge in [-0.15, -0.1) is 11.3 Å². The van der Waals surface area contributed by atoms with Crippen LogP contribution in [0, 0.1) is 0 Å². The van der Waals surface area contributed by atoms with Crippen molar-refractivity contribution in [3.8, 4) is 5.88 Å². The minimum atomic E-state index is -1.04. The van der Waals surface area contributed by atoms with E-state index < -0.39 is 5.97 Å². The summed E-state index contributed by atoms with van der Waals surface area (Å²) in [5.74, 6) is -0.931. The Morgan fingerprint density at radius 3 is 2.60 bits per heavy atom. The highest BCUT2D eigenvalue weighted by Gasteiger charge is 2.13. The Balaban J connectivity index is 2.04. The number of aromatic nitrogens is 1. The summed E-state index contributed by atoms with van der Waals surface area (Å²) in [6.07, 6.45) is 1.48. The predicted molar refractivity (Wildman–Crippen MR) is 74.6 cm³/mol. The van der Waals surface area contributed by atoms with Crippen molar-refractivity contribution in [2.24, 2.45) is 0 Å². The van der Waals surface area contributed by atoms with Gasteiger partial charge in [-0.1, -0.05) is 0 Å². The average molecular weight is 292 g/mol. The molecule has 0 bridgehead atoms. The van der Waals surface area contributed by atoms with Crippen LogP contribution in [0.25, 0.3) is 0 Å². The Kier molecular flexibility index (Phi) is 4.31. The van der Waals surface area contributed by atoms with E-state index in [1.54, 1.807) is 12.1 Å². The van der Waals surface area contributed by atoms with Crippen molar-refractivity contribution in [3.63, 3.8) is 0 Å². The molecule has 0 aliphatic heterocycles. The van der Waals surface area contributed by atoms with Crippen molar-refractivity contribution in [3.05, 3.63) is 40.2 Å². The number of carbonyl (C=O) groups is 2. The minimum Gasteiger partial charge on any atom is -0.478 e. The number of amides is 1. The Morgan fingerprint density at radius 2 is 2.05 bits per heavy atom. The number of carboxylic acid groups (broad SMARTS) is 1. The summed E-state index contributed by atoms with van der Waals surface area (Å²) in [5, 5.41) is 11.4.